The van der Waals surface area contributed by atoms with Crippen LogP contribution in [0.3, 0.4) is 0 Å². The summed E-state index contributed by atoms with van der Waals surface area (Å²) in [5.41, 5.74) is 1.33. The molecule has 0 spiro atoms. The van der Waals surface area contributed by atoms with E-state index in [9.17, 15) is 4.79 Å². The van der Waals surface area contributed by atoms with Gasteiger partial charge < -0.3 is 10.1 Å². The molecule has 2 rings (SSSR count). The summed E-state index contributed by atoms with van der Waals surface area (Å²) in [7, 11) is 0. The Labute approximate surface area is 125 Å². The molecule has 1 amide bonds. The Kier molecular flexibility index (Phi) is 5.15. The topological polar surface area (TPSA) is 64.1 Å². The molecule has 0 aliphatic carbocycles. The van der Waals surface area contributed by atoms with Gasteiger partial charge in [0.05, 0.1) is 18.4 Å². The molecule has 0 aliphatic rings. The zero-order valence-electron chi connectivity index (χ0n) is 10.3. The van der Waals surface area contributed by atoms with Crippen LogP contribution in [0.2, 0.25) is 10.3 Å². The zero-order chi connectivity index (χ0) is 14.4. The molecule has 2 aromatic rings. The number of nitrogens with one attached hydrogen (secondary N) is 1. The van der Waals surface area contributed by atoms with E-state index in [0.29, 0.717) is 5.69 Å². The number of nitrogens with zero attached hydrogens (tertiary/aromatic N) is 2. The number of carbonyl (C=O) groups excluding carboxylic acids is 1. The number of hydrogen-bond donors (Lipinski definition) is 1. The predicted molar refractivity (Wildman–Crippen MR) is 75.5 cm³/mol. The number of rotatable bonds is 4. The van der Waals surface area contributed by atoms with Crippen molar-refractivity contribution in [3.63, 3.8) is 0 Å². The summed E-state index contributed by atoms with van der Waals surface area (Å²) >= 11 is 11.5. The van der Waals surface area contributed by atoms with Crippen molar-refractivity contribution in [2.45, 2.75) is 13.2 Å². The Morgan fingerprint density at radius 1 is 1.25 bits per heavy atom. The van der Waals surface area contributed by atoms with Crippen LogP contribution in [-0.2, 0) is 17.9 Å². The molecule has 0 radical (unpaired) electrons. The van der Waals surface area contributed by atoms with Crippen molar-refractivity contribution < 1.29 is 9.53 Å². The molecule has 0 aliphatic heterocycles. The number of ether oxygens (including phenoxy) is 1. The summed E-state index contributed by atoms with van der Waals surface area (Å²) < 4.78 is 5.05. The molecule has 0 bridgehead atoms. The van der Waals surface area contributed by atoms with Crippen LogP contribution in [0.5, 0.6) is 0 Å². The van der Waals surface area contributed by atoms with Crippen LogP contribution in [-0.4, -0.2) is 16.1 Å². The van der Waals surface area contributed by atoms with Gasteiger partial charge in [0.15, 0.2) is 5.15 Å². The van der Waals surface area contributed by atoms with Crippen molar-refractivity contribution in [1.82, 2.24) is 15.3 Å². The highest BCUT2D eigenvalue weighted by molar-refractivity contribution is 6.32. The quantitative estimate of drug-likeness (QED) is 0.941. The van der Waals surface area contributed by atoms with E-state index in [0.717, 1.165) is 5.56 Å². The number of hydrogen-bond acceptors (Lipinski definition) is 4. The van der Waals surface area contributed by atoms with Gasteiger partial charge in [0.25, 0.3) is 0 Å². The first-order valence-electron chi connectivity index (χ1n) is 5.76. The second-order valence-electron chi connectivity index (χ2n) is 3.85. The van der Waals surface area contributed by atoms with Gasteiger partial charge in [0.1, 0.15) is 11.8 Å². The predicted octanol–water partition coefficient (Wildman–Crippen LogP) is 3.21. The van der Waals surface area contributed by atoms with Crippen molar-refractivity contribution in [3.8, 4) is 0 Å². The third kappa shape index (κ3) is 4.36. The van der Waals surface area contributed by atoms with E-state index in [2.05, 4.69) is 15.3 Å². The molecule has 5 nitrogen and oxygen atoms in total. The third-order valence-electron chi connectivity index (χ3n) is 2.38. The Balaban J connectivity index is 1.80. The summed E-state index contributed by atoms with van der Waals surface area (Å²) in [6, 6.07) is 9.38. The lowest BCUT2D eigenvalue weighted by atomic mass is 10.2. The minimum Gasteiger partial charge on any atom is -0.445 e. The lowest BCUT2D eigenvalue weighted by Gasteiger charge is -2.07. The highest BCUT2D eigenvalue weighted by atomic mass is 35.5. The van der Waals surface area contributed by atoms with E-state index in [1.54, 1.807) is 0 Å². The fourth-order valence-corrected chi connectivity index (χ4v) is 1.80. The Morgan fingerprint density at radius 2 is 2.00 bits per heavy atom. The second kappa shape index (κ2) is 7.07. The highest BCUT2D eigenvalue weighted by Crippen LogP contribution is 2.13. The van der Waals surface area contributed by atoms with Crippen LogP contribution in [0.4, 0.5) is 4.79 Å². The number of alkyl carbamates (subject to hydrolysis) is 1. The molecule has 1 aromatic heterocycles. The van der Waals surface area contributed by atoms with E-state index >= 15 is 0 Å². The molecule has 7 heteroatoms. The molecular weight excluding hydrogens is 301 g/mol. The maximum atomic E-state index is 11.5. The summed E-state index contributed by atoms with van der Waals surface area (Å²) in [6.45, 7) is 0.323. The molecule has 20 heavy (non-hydrogen) atoms. The van der Waals surface area contributed by atoms with Gasteiger partial charge in [-0.15, -0.1) is 0 Å². The lowest BCUT2D eigenvalue weighted by molar-refractivity contribution is 0.139. The summed E-state index contributed by atoms with van der Waals surface area (Å²) in [5, 5.41) is 2.89. The number of amides is 1. The second-order valence-corrected chi connectivity index (χ2v) is 4.59. The average molecular weight is 312 g/mol. The van der Waals surface area contributed by atoms with E-state index in [1.807, 2.05) is 30.3 Å². The van der Waals surface area contributed by atoms with E-state index < -0.39 is 6.09 Å². The molecule has 0 fully saturated rings. The van der Waals surface area contributed by atoms with Crippen molar-refractivity contribution in [2.24, 2.45) is 0 Å². The largest absolute Gasteiger partial charge is 0.445 e. The minimum absolute atomic E-state index is 0.122. The van der Waals surface area contributed by atoms with Crippen LogP contribution < -0.4 is 5.32 Å². The van der Waals surface area contributed by atoms with E-state index in [4.69, 9.17) is 27.9 Å². The number of benzene rings is 1. The van der Waals surface area contributed by atoms with Crippen molar-refractivity contribution in [2.75, 3.05) is 0 Å². The highest BCUT2D eigenvalue weighted by Gasteiger charge is 2.07. The van der Waals surface area contributed by atoms with Gasteiger partial charge in [0, 0.05) is 0 Å². The molecule has 0 saturated carbocycles. The maximum absolute atomic E-state index is 11.5. The molecule has 1 N–H and O–H groups in total. The number of carbonyl (C=O) groups is 1. The number of aromatic nitrogens is 2. The van der Waals surface area contributed by atoms with Crippen LogP contribution in [0.1, 0.15) is 11.3 Å². The van der Waals surface area contributed by atoms with Crippen LogP contribution in [0.15, 0.2) is 36.5 Å². The fraction of sp³-hybridized carbons (Fsp3) is 0.154. The first-order valence-corrected chi connectivity index (χ1v) is 6.52. The SMILES string of the molecule is O=C(NCc1ncc(Cl)nc1Cl)OCc1ccccc1. The van der Waals surface area contributed by atoms with E-state index in [1.165, 1.54) is 6.20 Å². The summed E-state index contributed by atoms with van der Waals surface area (Å²) in [6.07, 6.45) is 0.807. The maximum Gasteiger partial charge on any atom is 0.407 e. The fourth-order valence-electron chi connectivity index (χ4n) is 1.42. The number of halogens is 2. The zero-order valence-corrected chi connectivity index (χ0v) is 11.9. The average Bonchev–Trinajstić information content (AvgIpc) is 2.45. The first-order chi connectivity index (χ1) is 9.65. The van der Waals surface area contributed by atoms with Crippen LogP contribution in [0.25, 0.3) is 0 Å². The van der Waals surface area contributed by atoms with Gasteiger partial charge >= 0.3 is 6.09 Å². The molecular formula is C13H11Cl2N3O2. The lowest BCUT2D eigenvalue weighted by Crippen LogP contribution is -2.24. The van der Waals surface area contributed by atoms with Crippen molar-refractivity contribution in [1.29, 1.82) is 0 Å². The standard InChI is InChI=1S/C13H11Cl2N3O2/c14-11-7-16-10(12(15)18-11)6-17-13(19)20-8-9-4-2-1-3-5-9/h1-5,7H,6,8H2,(H,17,19). The molecule has 1 heterocycles. The molecule has 104 valence electrons. The molecule has 0 unspecified atom stereocenters. The minimum atomic E-state index is -0.554. The van der Waals surface area contributed by atoms with Crippen LogP contribution in [0, 0.1) is 0 Å². The molecule has 0 saturated heterocycles. The van der Waals surface area contributed by atoms with E-state index in [-0.39, 0.29) is 23.5 Å². The monoisotopic (exact) mass is 311 g/mol. The molecule has 1 aromatic carbocycles. The third-order valence-corrected chi connectivity index (χ3v) is 2.87. The van der Waals surface area contributed by atoms with Gasteiger partial charge in [-0.1, -0.05) is 53.5 Å². The summed E-state index contributed by atoms with van der Waals surface area (Å²) in [4.78, 5) is 19.3. The summed E-state index contributed by atoms with van der Waals surface area (Å²) in [5.74, 6) is 0. The van der Waals surface area contributed by atoms with Gasteiger partial charge in [-0.05, 0) is 5.56 Å². The Bertz CT molecular complexity index is 593. The van der Waals surface area contributed by atoms with Gasteiger partial charge in [-0.25, -0.2) is 9.78 Å². The Hall–Kier alpha value is -1.85. The first kappa shape index (κ1) is 14.6. The normalized spacial score (nSPS) is 10.1. The van der Waals surface area contributed by atoms with Crippen LogP contribution >= 0.6 is 23.2 Å². The van der Waals surface area contributed by atoms with Gasteiger partial charge in [-0.3, -0.25) is 4.98 Å². The molecule has 0 atom stereocenters. The van der Waals surface area contributed by atoms with Gasteiger partial charge in [-0.2, -0.15) is 0 Å². The van der Waals surface area contributed by atoms with Crippen molar-refractivity contribution >= 4 is 29.3 Å². The van der Waals surface area contributed by atoms with Crippen molar-refractivity contribution in [3.05, 3.63) is 58.1 Å². The van der Waals surface area contributed by atoms with Gasteiger partial charge in [0.2, 0.25) is 0 Å². The Morgan fingerprint density at radius 3 is 2.70 bits per heavy atom. The smallest absolute Gasteiger partial charge is 0.407 e.